The summed E-state index contributed by atoms with van der Waals surface area (Å²) in [6.45, 7) is 6.27. The van der Waals surface area contributed by atoms with E-state index in [0.29, 0.717) is 32.1 Å². The lowest BCUT2D eigenvalue weighted by atomic mass is 10.00. The number of nitro benzene ring substituents is 1. The molecular formula is C19H23N3O4S. The Balaban J connectivity index is 1.74. The highest BCUT2D eigenvalue weighted by Crippen LogP contribution is 2.29. The molecule has 3 rings (SSSR count). The first-order valence-electron chi connectivity index (χ1n) is 8.89. The molecule has 1 aliphatic rings. The number of non-ortho nitro benzene ring substituents is 1. The Labute approximate surface area is 159 Å². The molecule has 8 heteroatoms. The number of sulfonamides is 1. The Morgan fingerprint density at radius 1 is 0.963 bits per heavy atom. The van der Waals surface area contributed by atoms with E-state index in [1.54, 1.807) is 0 Å². The Morgan fingerprint density at radius 3 is 2.11 bits per heavy atom. The second-order valence-electron chi connectivity index (χ2n) is 6.86. The van der Waals surface area contributed by atoms with E-state index in [1.165, 1.54) is 34.1 Å². The van der Waals surface area contributed by atoms with Crippen molar-refractivity contribution >= 4 is 21.4 Å². The van der Waals surface area contributed by atoms with Gasteiger partial charge in [0.15, 0.2) is 0 Å². The summed E-state index contributed by atoms with van der Waals surface area (Å²) >= 11 is 0. The highest BCUT2D eigenvalue weighted by Gasteiger charge is 2.29. The lowest BCUT2D eigenvalue weighted by Crippen LogP contribution is -2.48. The topological polar surface area (TPSA) is 83.8 Å². The fraction of sp³-hybridized carbons (Fsp3) is 0.368. The van der Waals surface area contributed by atoms with Crippen LogP contribution in [0, 0.1) is 10.1 Å². The van der Waals surface area contributed by atoms with E-state index in [2.05, 4.69) is 30.9 Å². The van der Waals surface area contributed by atoms with Crippen LogP contribution in [0.5, 0.6) is 0 Å². The molecule has 144 valence electrons. The molecule has 0 amide bonds. The standard InChI is InChI=1S/C19H23N3O4S/c1-15(2)18-5-3-4-6-19(18)20-11-13-21(14-12-20)27(25,26)17-9-7-16(8-10-17)22(23)24/h3-10,15H,11-14H2,1-2H3. The monoisotopic (exact) mass is 389 g/mol. The molecule has 1 saturated heterocycles. The van der Waals surface area contributed by atoms with Gasteiger partial charge >= 0.3 is 0 Å². The van der Waals surface area contributed by atoms with Gasteiger partial charge in [0, 0.05) is 44.0 Å². The van der Waals surface area contributed by atoms with Crippen LogP contribution in [0.15, 0.2) is 53.4 Å². The minimum atomic E-state index is -3.65. The van der Waals surface area contributed by atoms with Crippen LogP contribution in [0.3, 0.4) is 0 Å². The van der Waals surface area contributed by atoms with Crippen molar-refractivity contribution in [1.29, 1.82) is 0 Å². The van der Waals surface area contributed by atoms with Crippen molar-refractivity contribution in [1.82, 2.24) is 4.31 Å². The van der Waals surface area contributed by atoms with Crippen molar-refractivity contribution < 1.29 is 13.3 Å². The van der Waals surface area contributed by atoms with Gasteiger partial charge in [0.2, 0.25) is 10.0 Å². The number of nitro groups is 1. The second kappa shape index (κ2) is 7.66. The van der Waals surface area contributed by atoms with E-state index >= 15 is 0 Å². The maximum atomic E-state index is 12.8. The number of para-hydroxylation sites is 1. The van der Waals surface area contributed by atoms with Crippen molar-refractivity contribution in [3.8, 4) is 0 Å². The predicted molar refractivity (Wildman–Crippen MR) is 105 cm³/mol. The van der Waals surface area contributed by atoms with Crippen molar-refractivity contribution in [3.05, 3.63) is 64.2 Å². The zero-order valence-electron chi connectivity index (χ0n) is 15.4. The van der Waals surface area contributed by atoms with Crippen LogP contribution >= 0.6 is 0 Å². The zero-order chi connectivity index (χ0) is 19.6. The highest BCUT2D eigenvalue weighted by atomic mass is 32.2. The molecule has 0 aliphatic carbocycles. The Bertz CT molecular complexity index is 918. The summed E-state index contributed by atoms with van der Waals surface area (Å²) in [5, 5.41) is 10.7. The molecule has 2 aromatic carbocycles. The van der Waals surface area contributed by atoms with Gasteiger partial charge in [-0.1, -0.05) is 32.0 Å². The van der Waals surface area contributed by atoms with Gasteiger partial charge in [0.05, 0.1) is 9.82 Å². The maximum absolute atomic E-state index is 12.8. The summed E-state index contributed by atoms with van der Waals surface area (Å²) in [6, 6.07) is 13.3. The van der Waals surface area contributed by atoms with Crippen molar-refractivity contribution in [2.24, 2.45) is 0 Å². The normalized spacial score (nSPS) is 15.9. The average Bonchev–Trinajstić information content (AvgIpc) is 2.68. The van der Waals surface area contributed by atoms with E-state index in [0.717, 1.165) is 5.69 Å². The Kier molecular flexibility index (Phi) is 5.48. The number of rotatable bonds is 5. The number of hydrogen-bond donors (Lipinski definition) is 0. The SMILES string of the molecule is CC(C)c1ccccc1N1CCN(S(=O)(=O)c2ccc([N+](=O)[O-])cc2)CC1. The molecule has 0 bridgehead atoms. The van der Waals surface area contributed by atoms with Gasteiger partial charge in [-0.3, -0.25) is 10.1 Å². The molecule has 27 heavy (non-hydrogen) atoms. The third-order valence-electron chi connectivity index (χ3n) is 4.82. The fourth-order valence-corrected chi connectivity index (χ4v) is 4.74. The molecule has 1 aliphatic heterocycles. The number of nitrogens with zero attached hydrogens (tertiary/aromatic N) is 3. The van der Waals surface area contributed by atoms with Crippen LogP contribution in [0.25, 0.3) is 0 Å². The molecule has 7 nitrogen and oxygen atoms in total. The first-order chi connectivity index (χ1) is 12.8. The van der Waals surface area contributed by atoms with E-state index in [-0.39, 0.29) is 10.6 Å². The van der Waals surface area contributed by atoms with Gasteiger partial charge in [0.25, 0.3) is 5.69 Å². The van der Waals surface area contributed by atoms with Gasteiger partial charge in [-0.15, -0.1) is 0 Å². The highest BCUT2D eigenvalue weighted by molar-refractivity contribution is 7.89. The lowest BCUT2D eigenvalue weighted by Gasteiger charge is -2.36. The van der Waals surface area contributed by atoms with Gasteiger partial charge < -0.3 is 4.90 Å². The molecular weight excluding hydrogens is 366 g/mol. The third-order valence-corrected chi connectivity index (χ3v) is 6.74. The molecule has 2 aromatic rings. The van der Waals surface area contributed by atoms with Gasteiger partial charge in [-0.05, 0) is 29.7 Å². The van der Waals surface area contributed by atoms with Gasteiger partial charge in [-0.2, -0.15) is 4.31 Å². The van der Waals surface area contributed by atoms with E-state index < -0.39 is 14.9 Å². The summed E-state index contributed by atoms with van der Waals surface area (Å²) in [4.78, 5) is 12.5. The molecule has 1 fully saturated rings. The molecule has 0 radical (unpaired) electrons. The molecule has 1 heterocycles. The quantitative estimate of drug-likeness (QED) is 0.579. The van der Waals surface area contributed by atoms with Crippen LogP contribution in [0.1, 0.15) is 25.3 Å². The second-order valence-corrected chi connectivity index (χ2v) is 8.79. The molecule has 0 unspecified atom stereocenters. The third kappa shape index (κ3) is 3.96. The summed E-state index contributed by atoms with van der Waals surface area (Å²) in [5.74, 6) is 0.392. The largest absolute Gasteiger partial charge is 0.369 e. The number of piperazine rings is 1. The Morgan fingerprint density at radius 2 is 1.56 bits per heavy atom. The predicted octanol–water partition coefficient (Wildman–Crippen LogP) is 3.23. The number of anilines is 1. The number of benzene rings is 2. The summed E-state index contributed by atoms with van der Waals surface area (Å²) in [5.41, 5.74) is 2.29. The van der Waals surface area contributed by atoms with Crippen molar-refractivity contribution in [3.63, 3.8) is 0 Å². The minimum Gasteiger partial charge on any atom is -0.369 e. The first kappa shape index (κ1) is 19.3. The fourth-order valence-electron chi connectivity index (χ4n) is 3.32. The van der Waals surface area contributed by atoms with E-state index in [1.807, 2.05) is 12.1 Å². The van der Waals surface area contributed by atoms with Gasteiger partial charge in [0.1, 0.15) is 0 Å². The Hall–Kier alpha value is -2.45. The summed E-state index contributed by atoms with van der Waals surface area (Å²) < 4.78 is 27.1. The minimum absolute atomic E-state index is 0.0872. The first-order valence-corrected chi connectivity index (χ1v) is 10.3. The van der Waals surface area contributed by atoms with Gasteiger partial charge in [-0.25, -0.2) is 8.42 Å². The average molecular weight is 389 g/mol. The number of hydrogen-bond acceptors (Lipinski definition) is 5. The molecule has 0 aromatic heterocycles. The summed E-state index contributed by atoms with van der Waals surface area (Å²) in [7, 11) is -3.65. The maximum Gasteiger partial charge on any atom is 0.269 e. The van der Waals surface area contributed by atoms with Crippen LogP contribution in [-0.2, 0) is 10.0 Å². The molecule has 0 saturated carbocycles. The van der Waals surface area contributed by atoms with E-state index in [4.69, 9.17) is 0 Å². The van der Waals surface area contributed by atoms with Crippen molar-refractivity contribution in [2.75, 3.05) is 31.1 Å². The summed E-state index contributed by atoms with van der Waals surface area (Å²) in [6.07, 6.45) is 0. The van der Waals surface area contributed by atoms with Crippen molar-refractivity contribution in [2.45, 2.75) is 24.7 Å². The van der Waals surface area contributed by atoms with Crippen LogP contribution < -0.4 is 4.90 Å². The van der Waals surface area contributed by atoms with Crippen LogP contribution in [-0.4, -0.2) is 43.8 Å². The van der Waals surface area contributed by atoms with Crippen LogP contribution in [0.2, 0.25) is 0 Å². The van der Waals surface area contributed by atoms with Crippen LogP contribution in [0.4, 0.5) is 11.4 Å². The smallest absolute Gasteiger partial charge is 0.269 e. The molecule has 0 spiro atoms. The lowest BCUT2D eigenvalue weighted by molar-refractivity contribution is -0.384. The van der Waals surface area contributed by atoms with E-state index in [9.17, 15) is 18.5 Å². The zero-order valence-corrected chi connectivity index (χ0v) is 16.2. The molecule has 0 N–H and O–H groups in total. The molecule has 0 atom stereocenters.